The first-order valence-corrected chi connectivity index (χ1v) is 7.97. The number of nitrogens with zero attached hydrogens (tertiary/aromatic N) is 2. The highest BCUT2D eigenvalue weighted by molar-refractivity contribution is 6.30. The number of hydrogen-bond acceptors (Lipinski definition) is 4. The van der Waals surface area contributed by atoms with Gasteiger partial charge in [-0.05, 0) is 42.0 Å². The van der Waals surface area contributed by atoms with Crippen LogP contribution in [-0.2, 0) is 6.54 Å². The number of pyridine rings is 1. The molecule has 4 aromatic rings. The molecule has 2 aromatic carbocycles. The molecule has 5 heteroatoms. The van der Waals surface area contributed by atoms with Gasteiger partial charge in [0.25, 0.3) is 0 Å². The molecule has 0 saturated carbocycles. The summed E-state index contributed by atoms with van der Waals surface area (Å²) in [5.41, 5.74) is 3.30. The molecule has 0 saturated heterocycles. The molecule has 2 aromatic heterocycles. The van der Waals surface area contributed by atoms with Crippen LogP contribution in [0.4, 0.5) is 5.82 Å². The number of aromatic nitrogens is 2. The average Bonchev–Trinajstić information content (AvgIpc) is 3.05. The van der Waals surface area contributed by atoms with E-state index < -0.39 is 0 Å². The first-order chi connectivity index (χ1) is 11.8. The second-order valence-electron chi connectivity index (χ2n) is 5.39. The third-order valence-corrected chi connectivity index (χ3v) is 3.92. The van der Waals surface area contributed by atoms with Crippen molar-refractivity contribution in [1.82, 2.24) is 9.97 Å². The number of oxazole rings is 1. The second kappa shape index (κ2) is 6.34. The molecule has 4 nitrogen and oxygen atoms in total. The van der Waals surface area contributed by atoms with Crippen molar-refractivity contribution in [3.8, 4) is 11.5 Å². The van der Waals surface area contributed by atoms with E-state index in [2.05, 4.69) is 27.4 Å². The maximum atomic E-state index is 5.91. The lowest BCUT2D eigenvalue weighted by molar-refractivity contribution is 0.608. The molecular formula is C19H14ClN3O. The normalized spacial score (nSPS) is 10.9. The zero-order chi connectivity index (χ0) is 16.4. The van der Waals surface area contributed by atoms with Crippen LogP contribution < -0.4 is 5.32 Å². The van der Waals surface area contributed by atoms with E-state index in [0.29, 0.717) is 23.2 Å². The molecular weight excluding hydrogens is 322 g/mol. The lowest BCUT2D eigenvalue weighted by atomic mass is 10.2. The van der Waals surface area contributed by atoms with Crippen molar-refractivity contribution >= 4 is 28.6 Å². The van der Waals surface area contributed by atoms with Crippen LogP contribution in [0.1, 0.15) is 5.56 Å². The van der Waals surface area contributed by atoms with E-state index in [4.69, 9.17) is 16.0 Å². The molecule has 118 valence electrons. The van der Waals surface area contributed by atoms with Crippen LogP contribution >= 0.6 is 11.6 Å². The molecule has 0 aliphatic carbocycles. The molecule has 4 rings (SSSR count). The van der Waals surface area contributed by atoms with Crippen molar-refractivity contribution in [2.75, 3.05) is 5.32 Å². The van der Waals surface area contributed by atoms with Crippen LogP contribution in [0, 0.1) is 0 Å². The van der Waals surface area contributed by atoms with E-state index in [1.54, 1.807) is 0 Å². The largest absolute Gasteiger partial charge is 0.418 e. The summed E-state index contributed by atoms with van der Waals surface area (Å²) < 4.78 is 5.78. The van der Waals surface area contributed by atoms with E-state index in [1.807, 2.05) is 54.6 Å². The quantitative estimate of drug-likeness (QED) is 0.560. The minimum absolute atomic E-state index is 0.512. The summed E-state index contributed by atoms with van der Waals surface area (Å²) in [5, 5.41) is 3.97. The summed E-state index contributed by atoms with van der Waals surface area (Å²) in [6.45, 7) is 0.706. The Hall–Kier alpha value is -2.85. The van der Waals surface area contributed by atoms with Crippen LogP contribution in [-0.4, -0.2) is 9.97 Å². The molecule has 0 fully saturated rings. The highest BCUT2D eigenvalue weighted by Gasteiger charge is 2.10. The van der Waals surface area contributed by atoms with Gasteiger partial charge in [-0.25, -0.2) is 4.98 Å². The predicted octanol–water partition coefficient (Wildman–Crippen LogP) is 5.16. The Morgan fingerprint density at radius 2 is 1.67 bits per heavy atom. The standard InChI is InChI=1S/C19H14ClN3O/c20-15-8-6-14(7-9-15)18-22-16-10-11-17(23-19(16)24-18)21-12-13-4-2-1-3-5-13/h1-11H,12H2,(H,21,23). The van der Waals surface area contributed by atoms with E-state index >= 15 is 0 Å². The molecule has 0 amide bonds. The summed E-state index contributed by atoms with van der Waals surface area (Å²) in [4.78, 5) is 8.96. The van der Waals surface area contributed by atoms with Crippen LogP contribution in [0.5, 0.6) is 0 Å². The van der Waals surface area contributed by atoms with E-state index in [1.165, 1.54) is 5.56 Å². The summed E-state index contributed by atoms with van der Waals surface area (Å²) in [6.07, 6.45) is 0. The van der Waals surface area contributed by atoms with E-state index in [0.717, 1.165) is 16.9 Å². The Kier molecular flexibility index (Phi) is 3.89. The Bertz CT molecular complexity index is 965. The topological polar surface area (TPSA) is 51.0 Å². The van der Waals surface area contributed by atoms with Gasteiger partial charge >= 0.3 is 0 Å². The number of fused-ring (bicyclic) bond motifs is 1. The molecule has 0 radical (unpaired) electrons. The monoisotopic (exact) mass is 335 g/mol. The molecule has 24 heavy (non-hydrogen) atoms. The third kappa shape index (κ3) is 3.09. The summed E-state index contributed by atoms with van der Waals surface area (Å²) in [7, 11) is 0. The van der Waals surface area contributed by atoms with Crippen LogP contribution in [0.15, 0.2) is 71.1 Å². The van der Waals surface area contributed by atoms with Crippen molar-refractivity contribution in [3.63, 3.8) is 0 Å². The van der Waals surface area contributed by atoms with Gasteiger partial charge in [-0.15, -0.1) is 0 Å². The van der Waals surface area contributed by atoms with Crippen molar-refractivity contribution in [1.29, 1.82) is 0 Å². The maximum absolute atomic E-state index is 5.91. The molecule has 1 N–H and O–H groups in total. The molecule has 0 bridgehead atoms. The van der Waals surface area contributed by atoms with Gasteiger partial charge in [0.2, 0.25) is 11.6 Å². The first-order valence-electron chi connectivity index (χ1n) is 7.59. The van der Waals surface area contributed by atoms with E-state index in [-0.39, 0.29) is 0 Å². The SMILES string of the molecule is Clc1ccc(-c2nc3ccc(NCc4ccccc4)nc3o2)cc1. The van der Waals surface area contributed by atoms with Gasteiger partial charge in [-0.3, -0.25) is 0 Å². The fraction of sp³-hybridized carbons (Fsp3) is 0.0526. The van der Waals surface area contributed by atoms with Gasteiger partial charge < -0.3 is 9.73 Å². The minimum atomic E-state index is 0.512. The lowest BCUT2D eigenvalue weighted by Gasteiger charge is -2.04. The zero-order valence-electron chi connectivity index (χ0n) is 12.7. The smallest absolute Gasteiger partial charge is 0.249 e. The number of rotatable bonds is 4. The average molecular weight is 336 g/mol. The van der Waals surface area contributed by atoms with Crippen molar-refractivity contribution < 1.29 is 4.42 Å². The van der Waals surface area contributed by atoms with Gasteiger partial charge in [-0.2, -0.15) is 4.98 Å². The highest BCUT2D eigenvalue weighted by Crippen LogP contribution is 2.25. The molecule has 0 spiro atoms. The van der Waals surface area contributed by atoms with Crippen molar-refractivity contribution in [2.45, 2.75) is 6.54 Å². The predicted molar refractivity (Wildman–Crippen MR) is 96.0 cm³/mol. The number of anilines is 1. The summed E-state index contributed by atoms with van der Waals surface area (Å²) in [5.74, 6) is 1.29. The van der Waals surface area contributed by atoms with Gasteiger partial charge in [-0.1, -0.05) is 41.9 Å². The van der Waals surface area contributed by atoms with Crippen LogP contribution in [0.3, 0.4) is 0 Å². The van der Waals surface area contributed by atoms with Crippen molar-refractivity contribution in [2.24, 2.45) is 0 Å². The second-order valence-corrected chi connectivity index (χ2v) is 5.82. The van der Waals surface area contributed by atoms with Crippen molar-refractivity contribution in [3.05, 3.63) is 77.3 Å². The van der Waals surface area contributed by atoms with Gasteiger partial charge in [0.1, 0.15) is 11.3 Å². The Labute approximate surface area is 144 Å². The lowest BCUT2D eigenvalue weighted by Crippen LogP contribution is -2.00. The Morgan fingerprint density at radius 3 is 2.46 bits per heavy atom. The maximum Gasteiger partial charge on any atom is 0.249 e. The third-order valence-electron chi connectivity index (χ3n) is 3.66. The van der Waals surface area contributed by atoms with Crippen LogP contribution in [0.2, 0.25) is 5.02 Å². The fourth-order valence-corrected chi connectivity index (χ4v) is 2.55. The van der Waals surface area contributed by atoms with E-state index in [9.17, 15) is 0 Å². The molecule has 0 atom stereocenters. The Balaban J connectivity index is 1.58. The summed E-state index contributed by atoms with van der Waals surface area (Å²) in [6, 6.07) is 21.3. The zero-order valence-corrected chi connectivity index (χ0v) is 13.5. The highest BCUT2D eigenvalue weighted by atomic mass is 35.5. The molecule has 2 heterocycles. The summed E-state index contributed by atoms with van der Waals surface area (Å²) >= 11 is 5.91. The number of benzene rings is 2. The number of halogens is 1. The van der Waals surface area contributed by atoms with Gasteiger partial charge in [0.05, 0.1) is 0 Å². The molecule has 0 aliphatic heterocycles. The fourth-order valence-electron chi connectivity index (χ4n) is 2.42. The minimum Gasteiger partial charge on any atom is -0.418 e. The molecule has 0 unspecified atom stereocenters. The van der Waals surface area contributed by atoms with Gasteiger partial charge in [0, 0.05) is 17.1 Å². The number of nitrogens with one attached hydrogen (secondary N) is 1. The Morgan fingerprint density at radius 1 is 0.875 bits per heavy atom. The molecule has 0 aliphatic rings. The first kappa shape index (κ1) is 14.7. The van der Waals surface area contributed by atoms with Crippen LogP contribution in [0.25, 0.3) is 22.7 Å². The number of hydrogen-bond donors (Lipinski definition) is 1. The van der Waals surface area contributed by atoms with Gasteiger partial charge in [0.15, 0.2) is 0 Å².